The zero-order chi connectivity index (χ0) is 18.7. The smallest absolute Gasteiger partial charge is 0.251 e. The van der Waals surface area contributed by atoms with Crippen LogP contribution in [0.4, 0.5) is 0 Å². The SMILES string of the molecule is CNC(=O)c1ccc(-c2nc(CN3CCN(C(C)=O)CC3)c(C)o2)cc1. The first-order valence-electron chi connectivity index (χ1n) is 8.74. The van der Waals surface area contributed by atoms with E-state index in [0.29, 0.717) is 18.0 Å². The highest BCUT2D eigenvalue weighted by atomic mass is 16.4. The van der Waals surface area contributed by atoms with Gasteiger partial charge in [0.1, 0.15) is 5.76 Å². The summed E-state index contributed by atoms with van der Waals surface area (Å²) in [7, 11) is 1.61. The highest BCUT2D eigenvalue weighted by Crippen LogP contribution is 2.23. The van der Waals surface area contributed by atoms with Crippen molar-refractivity contribution in [3.05, 3.63) is 41.3 Å². The molecule has 0 bridgehead atoms. The van der Waals surface area contributed by atoms with Crippen LogP contribution < -0.4 is 5.32 Å². The van der Waals surface area contributed by atoms with Crippen LogP contribution in [0.3, 0.4) is 0 Å². The number of aromatic nitrogens is 1. The van der Waals surface area contributed by atoms with Crippen LogP contribution in [0.15, 0.2) is 28.7 Å². The van der Waals surface area contributed by atoms with E-state index in [9.17, 15) is 9.59 Å². The normalized spacial score (nSPS) is 15.1. The van der Waals surface area contributed by atoms with Crippen LogP contribution in [0.25, 0.3) is 11.5 Å². The third-order valence-corrected chi connectivity index (χ3v) is 4.70. The van der Waals surface area contributed by atoms with Gasteiger partial charge in [-0.25, -0.2) is 4.98 Å². The molecule has 1 aliphatic heterocycles. The van der Waals surface area contributed by atoms with Crippen molar-refractivity contribution in [2.45, 2.75) is 20.4 Å². The maximum atomic E-state index is 11.6. The van der Waals surface area contributed by atoms with E-state index in [1.807, 2.05) is 24.0 Å². The van der Waals surface area contributed by atoms with E-state index in [1.54, 1.807) is 26.1 Å². The fourth-order valence-electron chi connectivity index (χ4n) is 3.04. The third kappa shape index (κ3) is 3.94. The number of oxazole rings is 1. The van der Waals surface area contributed by atoms with Crippen molar-refractivity contribution in [3.63, 3.8) is 0 Å². The Morgan fingerprint density at radius 2 is 1.81 bits per heavy atom. The zero-order valence-electron chi connectivity index (χ0n) is 15.4. The molecule has 2 aromatic rings. The fraction of sp³-hybridized carbons (Fsp3) is 0.421. The van der Waals surface area contributed by atoms with Gasteiger partial charge in [0, 0.05) is 57.8 Å². The minimum Gasteiger partial charge on any atom is -0.441 e. The molecule has 2 heterocycles. The number of aryl methyl sites for hydroxylation is 1. The van der Waals surface area contributed by atoms with Gasteiger partial charge in [-0.15, -0.1) is 0 Å². The number of rotatable bonds is 4. The molecule has 26 heavy (non-hydrogen) atoms. The molecule has 1 aromatic carbocycles. The Hall–Kier alpha value is -2.67. The lowest BCUT2D eigenvalue weighted by Gasteiger charge is -2.33. The van der Waals surface area contributed by atoms with Crippen LogP contribution in [0.1, 0.15) is 28.7 Å². The second kappa shape index (κ2) is 7.70. The van der Waals surface area contributed by atoms with Crippen molar-refractivity contribution >= 4 is 11.8 Å². The summed E-state index contributed by atoms with van der Waals surface area (Å²) in [6.45, 7) is 7.40. The maximum absolute atomic E-state index is 11.6. The first kappa shape index (κ1) is 18.1. The highest BCUT2D eigenvalue weighted by Gasteiger charge is 2.21. The number of amides is 2. The molecule has 138 valence electrons. The number of piperazine rings is 1. The van der Waals surface area contributed by atoms with E-state index >= 15 is 0 Å². The van der Waals surface area contributed by atoms with E-state index in [1.165, 1.54) is 0 Å². The average molecular weight is 356 g/mol. The minimum atomic E-state index is -0.120. The van der Waals surface area contributed by atoms with E-state index in [0.717, 1.165) is 43.2 Å². The Morgan fingerprint density at radius 1 is 1.15 bits per heavy atom. The highest BCUT2D eigenvalue weighted by molar-refractivity contribution is 5.94. The van der Waals surface area contributed by atoms with E-state index in [2.05, 4.69) is 15.2 Å². The molecular formula is C19H24N4O3. The van der Waals surface area contributed by atoms with Crippen LogP contribution in [0.2, 0.25) is 0 Å². The molecule has 0 spiro atoms. The fourth-order valence-corrected chi connectivity index (χ4v) is 3.04. The van der Waals surface area contributed by atoms with Crippen molar-refractivity contribution < 1.29 is 14.0 Å². The van der Waals surface area contributed by atoms with E-state index < -0.39 is 0 Å². The van der Waals surface area contributed by atoms with Gasteiger partial charge >= 0.3 is 0 Å². The predicted molar refractivity (Wildman–Crippen MR) is 97.6 cm³/mol. The number of hydrogen-bond acceptors (Lipinski definition) is 5. The van der Waals surface area contributed by atoms with Crippen molar-refractivity contribution in [2.24, 2.45) is 0 Å². The lowest BCUT2D eigenvalue weighted by molar-refractivity contribution is -0.130. The topological polar surface area (TPSA) is 78.7 Å². The van der Waals surface area contributed by atoms with Gasteiger partial charge < -0.3 is 14.6 Å². The van der Waals surface area contributed by atoms with Crippen molar-refractivity contribution in [1.82, 2.24) is 20.1 Å². The summed E-state index contributed by atoms with van der Waals surface area (Å²) in [5.41, 5.74) is 2.35. The molecule has 1 saturated heterocycles. The summed E-state index contributed by atoms with van der Waals surface area (Å²) < 4.78 is 5.83. The molecule has 0 radical (unpaired) electrons. The van der Waals surface area contributed by atoms with Gasteiger partial charge in [-0.3, -0.25) is 14.5 Å². The summed E-state index contributed by atoms with van der Waals surface area (Å²) in [5, 5.41) is 2.60. The molecule has 7 heteroatoms. The lowest BCUT2D eigenvalue weighted by atomic mass is 10.1. The van der Waals surface area contributed by atoms with Gasteiger partial charge in [-0.2, -0.15) is 0 Å². The quantitative estimate of drug-likeness (QED) is 0.902. The molecule has 0 atom stereocenters. The lowest BCUT2D eigenvalue weighted by Crippen LogP contribution is -2.47. The first-order chi connectivity index (χ1) is 12.5. The first-order valence-corrected chi connectivity index (χ1v) is 8.74. The molecule has 1 aliphatic rings. The maximum Gasteiger partial charge on any atom is 0.251 e. The Balaban J connectivity index is 1.68. The molecule has 1 aromatic heterocycles. The van der Waals surface area contributed by atoms with Gasteiger partial charge in [-0.1, -0.05) is 0 Å². The molecule has 7 nitrogen and oxygen atoms in total. The average Bonchev–Trinajstić information content (AvgIpc) is 3.02. The van der Waals surface area contributed by atoms with Crippen molar-refractivity contribution in [2.75, 3.05) is 33.2 Å². The van der Waals surface area contributed by atoms with Crippen LogP contribution in [0.5, 0.6) is 0 Å². The Morgan fingerprint density at radius 3 is 2.38 bits per heavy atom. The number of hydrogen-bond donors (Lipinski definition) is 1. The van der Waals surface area contributed by atoms with Crippen molar-refractivity contribution in [1.29, 1.82) is 0 Å². The van der Waals surface area contributed by atoms with Crippen LogP contribution in [-0.4, -0.2) is 59.8 Å². The summed E-state index contributed by atoms with van der Waals surface area (Å²) in [6, 6.07) is 7.19. The molecule has 1 N–H and O–H groups in total. The molecule has 0 unspecified atom stereocenters. The standard InChI is InChI=1S/C19H24N4O3/c1-13-17(12-22-8-10-23(11-9-22)14(2)24)21-19(26-13)16-6-4-15(5-7-16)18(25)20-3/h4-7H,8-12H2,1-3H3,(H,20,25). The molecular weight excluding hydrogens is 332 g/mol. The van der Waals surface area contributed by atoms with Gasteiger partial charge in [0.25, 0.3) is 5.91 Å². The molecule has 0 aliphatic carbocycles. The van der Waals surface area contributed by atoms with E-state index in [4.69, 9.17) is 4.42 Å². The molecule has 0 saturated carbocycles. The van der Waals surface area contributed by atoms with Gasteiger partial charge in [0.15, 0.2) is 0 Å². The summed E-state index contributed by atoms with van der Waals surface area (Å²) in [4.78, 5) is 31.8. The molecule has 1 fully saturated rings. The Bertz CT molecular complexity index is 790. The number of carbonyl (C=O) groups excluding carboxylic acids is 2. The van der Waals surface area contributed by atoms with Crippen LogP contribution in [-0.2, 0) is 11.3 Å². The van der Waals surface area contributed by atoms with Crippen molar-refractivity contribution in [3.8, 4) is 11.5 Å². The van der Waals surface area contributed by atoms with Gasteiger partial charge in [0.2, 0.25) is 11.8 Å². The minimum absolute atomic E-state index is 0.120. The number of nitrogens with zero attached hydrogens (tertiary/aromatic N) is 3. The second-order valence-electron chi connectivity index (χ2n) is 6.46. The van der Waals surface area contributed by atoms with Crippen LogP contribution in [0, 0.1) is 6.92 Å². The second-order valence-corrected chi connectivity index (χ2v) is 6.46. The Kier molecular flexibility index (Phi) is 5.37. The molecule has 2 amide bonds. The summed E-state index contributed by atoms with van der Waals surface area (Å²) in [6.07, 6.45) is 0. The summed E-state index contributed by atoms with van der Waals surface area (Å²) >= 11 is 0. The molecule has 3 rings (SSSR count). The predicted octanol–water partition coefficient (Wildman–Crippen LogP) is 1.67. The summed E-state index contributed by atoms with van der Waals surface area (Å²) in [5.74, 6) is 1.36. The number of nitrogens with one attached hydrogen (secondary N) is 1. The number of carbonyl (C=O) groups is 2. The Labute approximate surface area is 153 Å². The largest absolute Gasteiger partial charge is 0.441 e. The van der Waals surface area contributed by atoms with E-state index in [-0.39, 0.29) is 11.8 Å². The van der Waals surface area contributed by atoms with Gasteiger partial charge in [-0.05, 0) is 31.2 Å². The number of benzene rings is 1. The third-order valence-electron chi connectivity index (χ3n) is 4.70. The zero-order valence-corrected chi connectivity index (χ0v) is 15.4. The monoisotopic (exact) mass is 356 g/mol. The van der Waals surface area contributed by atoms with Crippen LogP contribution >= 0.6 is 0 Å². The van der Waals surface area contributed by atoms with Gasteiger partial charge in [0.05, 0.1) is 5.69 Å².